The van der Waals surface area contributed by atoms with Gasteiger partial charge in [0.1, 0.15) is 11.9 Å². The molecule has 2 heterocycles. The topological polar surface area (TPSA) is 38.0 Å². The van der Waals surface area contributed by atoms with Crippen molar-refractivity contribution in [1.29, 1.82) is 0 Å². The van der Waals surface area contributed by atoms with Crippen molar-refractivity contribution in [3.63, 3.8) is 0 Å². The monoisotopic (exact) mass is 202 g/mol. The van der Waals surface area contributed by atoms with Gasteiger partial charge in [-0.1, -0.05) is 6.07 Å². The van der Waals surface area contributed by atoms with Crippen LogP contribution in [-0.4, -0.2) is 14.7 Å². The Morgan fingerprint density at radius 3 is 3.20 bits per heavy atom. The van der Waals surface area contributed by atoms with Crippen molar-refractivity contribution in [2.75, 3.05) is 0 Å². The second-order valence-electron chi connectivity index (χ2n) is 4.27. The van der Waals surface area contributed by atoms with E-state index in [1.54, 1.807) is 0 Å². The number of hydrogen-bond donors (Lipinski definition) is 1. The first-order chi connectivity index (χ1) is 7.25. The zero-order valence-electron chi connectivity index (χ0n) is 8.77. The fourth-order valence-corrected chi connectivity index (χ4v) is 2.31. The predicted octanol–water partition coefficient (Wildman–Crippen LogP) is 2.17. The van der Waals surface area contributed by atoms with E-state index < -0.39 is 0 Å². The Hall–Kier alpha value is -1.35. The summed E-state index contributed by atoms with van der Waals surface area (Å²) in [7, 11) is 0. The molecule has 1 aliphatic heterocycles. The fraction of sp³-hybridized carbons (Fsp3) is 0.417. The lowest BCUT2D eigenvalue weighted by Crippen LogP contribution is -2.15. The number of benzene rings is 1. The van der Waals surface area contributed by atoms with Crippen LogP contribution in [0.15, 0.2) is 18.2 Å². The molecule has 0 fully saturated rings. The third kappa shape index (κ3) is 1.27. The van der Waals surface area contributed by atoms with Crippen LogP contribution in [0.5, 0.6) is 0 Å². The summed E-state index contributed by atoms with van der Waals surface area (Å²) in [6.07, 6.45) is 1.49. The lowest BCUT2D eigenvalue weighted by atomic mass is 10.1. The molecule has 1 aliphatic rings. The Morgan fingerprint density at radius 1 is 1.47 bits per heavy atom. The number of aryl methyl sites for hydroxylation is 2. The maximum Gasteiger partial charge on any atom is 0.138 e. The number of nitrogens with zero attached hydrogens (tertiary/aromatic N) is 2. The molecule has 1 unspecified atom stereocenters. The van der Waals surface area contributed by atoms with Crippen LogP contribution in [0.3, 0.4) is 0 Å². The number of fused-ring (bicyclic) bond motifs is 3. The van der Waals surface area contributed by atoms with Crippen LogP contribution in [0.1, 0.15) is 30.3 Å². The molecule has 1 N–H and O–H groups in total. The number of aliphatic hydroxyl groups excluding tert-OH is 1. The molecule has 15 heavy (non-hydrogen) atoms. The second kappa shape index (κ2) is 3.07. The smallest absolute Gasteiger partial charge is 0.138 e. The van der Waals surface area contributed by atoms with Crippen LogP contribution in [0.2, 0.25) is 0 Å². The molecular formula is C12H14N2O. The van der Waals surface area contributed by atoms with Crippen LogP contribution in [0, 0.1) is 6.92 Å². The highest BCUT2D eigenvalue weighted by atomic mass is 16.3. The van der Waals surface area contributed by atoms with Gasteiger partial charge in [-0.15, -0.1) is 0 Å². The molecule has 3 rings (SSSR count). The zero-order chi connectivity index (χ0) is 10.4. The first kappa shape index (κ1) is 8.92. The minimum atomic E-state index is -0.383. The number of aromatic nitrogens is 2. The number of hydrogen-bond acceptors (Lipinski definition) is 2. The van der Waals surface area contributed by atoms with E-state index in [2.05, 4.69) is 28.6 Å². The van der Waals surface area contributed by atoms with Crippen LogP contribution in [0.4, 0.5) is 0 Å². The summed E-state index contributed by atoms with van der Waals surface area (Å²) in [5.74, 6) is 0.835. The van der Waals surface area contributed by atoms with Gasteiger partial charge in [0.25, 0.3) is 0 Å². The van der Waals surface area contributed by atoms with E-state index in [1.165, 1.54) is 5.56 Å². The van der Waals surface area contributed by atoms with E-state index in [-0.39, 0.29) is 6.10 Å². The molecule has 1 aromatic heterocycles. The SMILES string of the molecule is Cc1ccc2nc3n(c2c1)CCCC3O. The Balaban J connectivity index is 2.31. The molecule has 0 amide bonds. The van der Waals surface area contributed by atoms with Crippen molar-refractivity contribution >= 4 is 11.0 Å². The Bertz CT molecular complexity index is 516. The molecule has 1 aromatic carbocycles. The first-order valence-electron chi connectivity index (χ1n) is 5.40. The van der Waals surface area contributed by atoms with Crippen molar-refractivity contribution in [1.82, 2.24) is 9.55 Å². The Kier molecular flexibility index (Phi) is 1.83. The molecule has 0 radical (unpaired) electrons. The van der Waals surface area contributed by atoms with Gasteiger partial charge < -0.3 is 9.67 Å². The highest BCUT2D eigenvalue weighted by Crippen LogP contribution is 2.28. The van der Waals surface area contributed by atoms with Crippen LogP contribution in [-0.2, 0) is 6.54 Å². The number of rotatable bonds is 0. The lowest BCUT2D eigenvalue weighted by Gasteiger charge is -2.19. The molecule has 0 saturated heterocycles. The molecule has 0 spiro atoms. The van der Waals surface area contributed by atoms with E-state index in [4.69, 9.17) is 0 Å². The van der Waals surface area contributed by atoms with E-state index >= 15 is 0 Å². The summed E-state index contributed by atoms with van der Waals surface area (Å²) in [5.41, 5.74) is 3.39. The molecule has 3 heteroatoms. The van der Waals surface area contributed by atoms with Gasteiger partial charge in [0.05, 0.1) is 11.0 Å². The Labute approximate surface area is 88.4 Å². The number of imidazole rings is 1. The standard InChI is InChI=1S/C12H14N2O/c1-8-4-5-9-10(7-8)14-6-2-3-11(15)12(14)13-9/h4-5,7,11,15H,2-3,6H2,1H3. The van der Waals surface area contributed by atoms with Gasteiger partial charge in [-0.05, 0) is 37.5 Å². The quantitative estimate of drug-likeness (QED) is 0.711. The first-order valence-corrected chi connectivity index (χ1v) is 5.40. The molecule has 1 atom stereocenters. The second-order valence-corrected chi connectivity index (χ2v) is 4.27. The molecule has 78 valence electrons. The predicted molar refractivity (Wildman–Crippen MR) is 58.7 cm³/mol. The van der Waals surface area contributed by atoms with Gasteiger partial charge >= 0.3 is 0 Å². The summed E-state index contributed by atoms with van der Waals surface area (Å²) in [4.78, 5) is 4.49. The van der Waals surface area contributed by atoms with Crippen LogP contribution >= 0.6 is 0 Å². The average molecular weight is 202 g/mol. The van der Waals surface area contributed by atoms with Gasteiger partial charge in [0, 0.05) is 6.54 Å². The molecular weight excluding hydrogens is 188 g/mol. The molecule has 0 bridgehead atoms. The minimum absolute atomic E-state index is 0.383. The van der Waals surface area contributed by atoms with Gasteiger partial charge in [-0.25, -0.2) is 4.98 Å². The van der Waals surface area contributed by atoms with E-state index in [9.17, 15) is 5.11 Å². The highest BCUT2D eigenvalue weighted by Gasteiger charge is 2.21. The van der Waals surface area contributed by atoms with E-state index in [0.717, 1.165) is 36.2 Å². The van der Waals surface area contributed by atoms with Gasteiger partial charge in [0.15, 0.2) is 0 Å². The van der Waals surface area contributed by atoms with E-state index in [0.29, 0.717) is 0 Å². The van der Waals surface area contributed by atoms with Gasteiger partial charge in [-0.3, -0.25) is 0 Å². The van der Waals surface area contributed by atoms with Gasteiger partial charge in [-0.2, -0.15) is 0 Å². The third-order valence-electron chi connectivity index (χ3n) is 3.09. The minimum Gasteiger partial charge on any atom is -0.385 e. The maximum atomic E-state index is 9.85. The lowest BCUT2D eigenvalue weighted by molar-refractivity contribution is 0.135. The maximum absolute atomic E-state index is 9.85. The largest absolute Gasteiger partial charge is 0.385 e. The van der Waals surface area contributed by atoms with E-state index in [1.807, 2.05) is 6.07 Å². The van der Waals surface area contributed by atoms with Crippen molar-refractivity contribution < 1.29 is 5.11 Å². The molecule has 0 aliphatic carbocycles. The van der Waals surface area contributed by atoms with Crippen LogP contribution in [0.25, 0.3) is 11.0 Å². The van der Waals surface area contributed by atoms with Gasteiger partial charge in [0.2, 0.25) is 0 Å². The number of aliphatic hydroxyl groups is 1. The molecule has 0 saturated carbocycles. The van der Waals surface area contributed by atoms with Crippen LogP contribution < -0.4 is 0 Å². The van der Waals surface area contributed by atoms with Crippen molar-refractivity contribution in [2.24, 2.45) is 0 Å². The summed E-state index contributed by atoms with van der Waals surface area (Å²) < 4.78 is 2.15. The Morgan fingerprint density at radius 2 is 2.33 bits per heavy atom. The van der Waals surface area contributed by atoms with Crippen molar-refractivity contribution in [3.8, 4) is 0 Å². The highest BCUT2D eigenvalue weighted by molar-refractivity contribution is 5.77. The van der Waals surface area contributed by atoms with Crippen molar-refractivity contribution in [3.05, 3.63) is 29.6 Å². The molecule has 2 aromatic rings. The summed E-state index contributed by atoms with van der Waals surface area (Å²) >= 11 is 0. The zero-order valence-corrected chi connectivity index (χ0v) is 8.77. The third-order valence-corrected chi connectivity index (χ3v) is 3.09. The fourth-order valence-electron chi connectivity index (χ4n) is 2.31. The normalized spacial score (nSPS) is 20.5. The summed E-state index contributed by atoms with van der Waals surface area (Å²) in [6, 6.07) is 6.24. The average Bonchev–Trinajstić information content (AvgIpc) is 2.58. The summed E-state index contributed by atoms with van der Waals surface area (Å²) in [6.45, 7) is 3.06. The summed E-state index contributed by atoms with van der Waals surface area (Å²) in [5, 5.41) is 9.85. The molecule has 3 nitrogen and oxygen atoms in total. The van der Waals surface area contributed by atoms with Crippen molar-refractivity contribution in [2.45, 2.75) is 32.4 Å².